The number of hydrogen-bond donors (Lipinski definition) is 3. The molecule has 2 atom stereocenters. The van der Waals surface area contributed by atoms with Gasteiger partial charge in [0.1, 0.15) is 6.04 Å². The van der Waals surface area contributed by atoms with Crippen molar-refractivity contribution in [3.63, 3.8) is 0 Å². The Morgan fingerprint density at radius 3 is 2.58 bits per heavy atom. The number of aliphatic hydroxyl groups is 1. The van der Waals surface area contributed by atoms with Gasteiger partial charge in [-0.3, -0.25) is 9.59 Å². The molecule has 2 unspecified atom stereocenters. The monoisotopic (exact) mass is 272 g/mol. The van der Waals surface area contributed by atoms with Crippen LogP contribution in [0.5, 0.6) is 0 Å². The van der Waals surface area contributed by atoms with Gasteiger partial charge in [0.25, 0.3) is 5.91 Å². The van der Waals surface area contributed by atoms with E-state index < -0.39 is 6.04 Å². The largest absolute Gasteiger partial charge is 0.396 e. The first kappa shape index (κ1) is 15.9. The van der Waals surface area contributed by atoms with Crippen molar-refractivity contribution in [2.24, 2.45) is 5.92 Å². The van der Waals surface area contributed by atoms with Gasteiger partial charge in [-0.05, 0) is 25.2 Å². The van der Waals surface area contributed by atoms with Crippen LogP contribution >= 0.6 is 0 Å². The van der Waals surface area contributed by atoms with Crippen LogP contribution in [0.2, 0.25) is 0 Å². The molecule has 0 spiro atoms. The molecule has 0 radical (unpaired) electrons. The van der Waals surface area contributed by atoms with E-state index in [1.54, 1.807) is 0 Å². The van der Waals surface area contributed by atoms with Gasteiger partial charge in [0.05, 0.1) is 6.61 Å². The van der Waals surface area contributed by atoms with Gasteiger partial charge in [0.2, 0.25) is 5.91 Å². The summed E-state index contributed by atoms with van der Waals surface area (Å²) in [6.45, 7) is 5.10. The molecule has 0 aromatic rings. The predicted molar refractivity (Wildman–Crippen MR) is 70.5 cm³/mol. The summed E-state index contributed by atoms with van der Waals surface area (Å²) in [6.07, 6.45) is 1.62. The number of carbonyl (C=O) groups is 2. The second-order valence-corrected chi connectivity index (χ2v) is 5.23. The van der Waals surface area contributed by atoms with E-state index in [2.05, 4.69) is 10.6 Å². The molecule has 1 fully saturated rings. The number of epoxide rings is 1. The molecule has 19 heavy (non-hydrogen) atoms. The molecule has 1 rings (SSSR count). The highest BCUT2D eigenvalue weighted by Crippen LogP contribution is 2.11. The lowest BCUT2D eigenvalue weighted by Gasteiger charge is -2.19. The van der Waals surface area contributed by atoms with Crippen molar-refractivity contribution in [2.75, 3.05) is 19.8 Å². The van der Waals surface area contributed by atoms with E-state index in [0.717, 1.165) is 6.42 Å². The molecule has 1 aliphatic rings. The summed E-state index contributed by atoms with van der Waals surface area (Å²) in [4.78, 5) is 23.6. The maximum Gasteiger partial charge on any atom is 0.252 e. The Bertz CT molecular complexity index is 303. The van der Waals surface area contributed by atoms with Crippen molar-refractivity contribution in [1.82, 2.24) is 10.6 Å². The first-order valence-electron chi connectivity index (χ1n) is 6.85. The summed E-state index contributed by atoms with van der Waals surface area (Å²) in [7, 11) is 0. The molecule has 0 bridgehead atoms. The van der Waals surface area contributed by atoms with Crippen molar-refractivity contribution >= 4 is 11.8 Å². The van der Waals surface area contributed by atoms with E-state index >= 15 is 0 Å². The molecule has 1 saturated heterocycles. The summed E-state index contributed by atoms with van der Waals surface area (Å²) in [5.41, 5.74) is 0. The standard InChI is InChI=1S/C13H24N2O4/c1-9(2)7-10(15-13(18)11-8-19-11)12(17)14-5-3-4-6-16/h9-11,16H,3-8H2,1-2H3,(H,14,17)(H,15,18). The second kappa shape index (κ2) is 8.12. The van der Waals surface area contributed by atoms with E-state index in [4.69, 9.17) is 9.84 Å². The SMILES string of the molecule is CC(C)CC(NC(=O)C1CO1)C(=O)NCCCCO. The molecular weight excluding hydrogens is 248 g/mol. The van der Waals surface area contributed by atoms with Gasteiger partial charge in [0.15, 0.2) is 6.10 Å². The van der Waals surface area contributed by atoms with Gasteiger partial charge in [-0.15, -0.1) is 0 Å². The molecule has 2 amide bonds. The molecule has 110 valence electrons. The average molecular weight is 272 g/mol. The lowest BCUT2D eigenvalue weighted by atomic mass is 10.0. The Hall–Kier alpha value is -1.14. The van der Waals surface area contributed by atoms with Crippen LogP contribution in [0.25, 0.3) is 0 Å². The average Bonchev–Trinajstić information content (AvgIpc) is 3.17. The number of aliphatic hydroxyl groups excluding tert-OH is 1. The molecule has 1 aliphatic heterocycles. The minimum absolute atomic E-state index is 0.126. The third-order valence-corrected chi connectivity index (χ3v) is 2.85. The van der Waals surface area contributed by atoms with E-state index in [0.29, 0.717) is 31.9 Å². The molecular formula is C13H24N2O4. The van der Waals surface area contributed by atoms with Crippen LogP contribution in [0, 0.1) is 5.92 Å². The smallest absolute Gasteiger partial charge is 0.252 e. The highest BCUT2D eigenvalue weighted by atomic mass is 16.6. The number of unbranched alkanes of at least 4 members (excludes halogenated alkanes) is 1. The normalized spacial score (nSPS) is 19.1. The van der Waals surface area contributed by atoms with E-state index in [1.807, 2.05) is 13.8 Å². The highest BCUT2D eigenvalue weighted by molar-refractivity contribution is 5.90. The molecule has 0 aliphatic carbocycles. The van der Waals surface area contributed by atoms with Gasteiger partial charge >= 0.3 is 0 Å². The fourth-order valence-corrected chi connectivity index (χ4v) is 1.74. The molecule has 3 N–H and O–H groups in total. The first-order valence-corrected chi connectivity index (χ1v) is 6.85. The van der Waals surface area contributed by atoms with Crippen LogP contribution in [0.4, 0.5) is 0 Å². The summed E-state index contributed by atoms with van der Waals surface area (Å²) >= 11 is 0. The Labute approximate surface area is 113 Å². The van der Waals surface area contributed by atoms with Gasteiger partial charge in [0, 0.05) is 13.2 Å². The first-order chi connectivity index (χ1) is 9.04. The number of nitrogens with one attached hydrogen (secondary N) is 2. The molecule has 6 heteroatoms. The number of hydrogen-bond acceptors (Lipinski definition) is 4. The second-order valence-electron chi connectivity index (χ2n) is 5.23. The third-order valence-electron chi connectivity index (χ3n) is 2.85. The highest BCUT2D eigenvalue weighted by Gasteiger charge is 2.34. The third kappa shape index (κ3) is 6.54. The summed E-state index contributed by atoms with van der Waals surface area (Å²) in [6, 6.07) is -0.508. The van der Waals surface area contributed by atoms with Crippen molar-refractivity contribution in [3.8, 4) is 0 Å². The topological polar surface area (TPSA) is 91.0 Å². The predicted octanol–water partition coefficient (Wildman–Crippen LogP) is -0.195. The maximum atomic E-state index is 12.0. The zero-order valence-electron chi connectivity index (χ0n) is 11.6. The minimum Gasteiger partial charge on any atom is -0.396 e. The summed E-state index contributed by atoms with van der Waals surface area (Å²) in [5.74, 6) is -0.0644. The van der Waals surface area contributed by atoms with Gasteiger partial charge in [-0.2, -0.15) is 0 Å². The van der Waals surface area contributed by atoms with Crippen LogP contribution in [0.3, 0.4) is 0 Å². The van der Waals surface area contributed by atoms with Gasteiger partial charge < -0.3 is 20.5 Å². The van der Waals surface area contributed by atoms with Crippen molar-refractivity contribution in [1.29, 1.82) is 0 Å². The van der Waals surface area contributed by atoms with Crippen LogP contribution in [0.15, 0.2) is 0 Å². The Morgan fingerprint density at radius 1 is 1.37 bits per heavy atom. The minimum atomic E-state index is -0.508. The number of rotatable bonds is 9. The van der Waals surface area contributed by atoms with Crippen molar-refractivity contribution in [3.05, 3.63) is 0 Å². The van der Waals surface area contributed by atoms with Crippen LogP contribution in [0.1, 0.15) is 33.1 Å². The van der Waals surface area contributed by atoms with Crippen LogP contribution in [-0.2, 0) is 14.3 Å². The number of ether oxygens (including phenoxy) is 1. The zero-order chi connectivity index (χ0) is 14.3. The molecule has 0 aromatic carbocycles. The Kier molecular flexibility index (Phi) is 6.80. The quantitative estimate of drug-likeness (QED) is 0.400. The summed E-state index contributed by atoms with van der Waals surface area (Å²) in [5, 5.41) is 14.2. The fraction of sp³-hybridized carbons (Fsp3) is 0.846. The number of carbonyl (C=O) groups excluding carboxylic acids is 2. The van der Waals surface area contributed by atoms with Gasteiger partial charge in [-0.25, -0.2) is 0 Å². The molecule has 6 nitrogen and oxygen atoms in total. The maximum absolute atomic E-state index is 12.0. The van der Waals surface area contributed by atoms with Crippen LogP contribution < -0.4 is 10.6 Å². The Morgan fingerprint density at radius 2 is 2.05 bits per heavy atom. The Balaban J connectivity index is 2.37. The van der Waals surface area contributed by atoms with E-state index in [1.165, 1.54) is 0 Å². The molecule has 1 heterocycles. The van der Waals surface area contributed by atoms with E-state index in [-0.39, 0.29) is 24.5 Å². The zero-order valence-corrected chi connectivity index (χ0v) is 11.6. The lowest BCUT2D eigenvalue weighted by Crippen LogP contribution is -2.48. The number of amides is 2. The van der Waals surface area contributed by atoms with Crippen molar-refractivity contribution in [2.45, 2.75) is 45.3 Å². The molecule has 0 saturated carbocycles. The van der Waals surface area contributed by atoms with E-state index in [9.17, 15) is 9.59 Å². The van der Waals surface area contributed by atoms with Crippen LogP contribution in [-0.4, -0.2) is 48.8 Å². The van der Waals surface area contributed by atoms with Gasteiger partial charge in [-0.1, -0.05) is 13.8 Å². The molecule has 0 aromatic heterocycles. The summed E-state index contributed by atoms with van der Waals surface area (Å²) < 4.78 is 4.90. The van der Waals surface area contributed by atoms with Crippen molar-refractivity contribution < 1.29 is 19.4 Å². The lowest BCUT2D eigenvalue weighted by molar-refractivity contribution is -0.129. The fourth-order valence-electron chi connectivity index (χ4n) is 1.74.